The maximum atomic E-state index is 13.8. The van der Waals surface area contributed by atoms with Gasteiger partial charge in [0.05, 0.1) is 23.8 Å². The second kappa shape index (κ2) is 7.74. The van der Waals surface area contributed by atoms with Gasteiger partial charge in [-0.3, -0.25) is 4.79 Å². The number of carbonyl (C=O) groups is 1. The molecule has 2 aromatic rings. The monoisotopic (exact) mass is 333 g/mol. The molecule has 1 aromatic carbocycles. The minimum atomic E-state index is -0.369. The fourth-order valence-corrected chi connectivity index (χ4v) is 2.75. The van der Waals surface area contributed by atoms with Gasteiger partial charge in [-0.15, -0.1) is 10.2 Å². The van der Waals surface area contributed by atoms with Crippen molar-refractivity contribution in [3.05, 3.63) is 30.1 Å². The molecule has 0 spiro atoms. The number of thioether (sulfide) groups is 1. The van der Waals surface area contributed by atoms with Gasteiger partial charge in [0.2, 0.25) is 5.91 Å². The van der Waals surface area contributed by atoms with Gasteiger partial charge in [-0.05, 0) is 12.1 Å². The summed E-state index contributed by atoms with van der Waals surface area (Å²) >= 11 is 1.23. The van der Waals surface area contributed by atoms with E-state index in [0.29, 0.717) is 29.5 Å². The number of halogens is 1. The van der Waals surface area contributed by atoms with E-state index in [2.05, 4.69) is 10.2 Å². The van der Waals surface area contributed by atoms with E-state index in [1.54, 1.807) is 36.9 Å². The number of nitrogens with zero attached hydrogens (tertiary/aromatic N) is 5. The maximum absolute atomic E-state index is 13.8. The predicted molar refractivity (Wildman–Crippen MR) is 85.0 cm³/mol. The zero-order valence-electron chi connectivity index (χ0n) is 12.9. The molecule has 0 aliphatic heterocycles. The molecule has 0 atom stereocenters. The maximum Gasteiger partial charge on any atom is 0.232 e. The minimum Gasteiger partial charge on any atom is -0.344 e. The molecule has 0 N–H and O–H groups in total. The second-order valence-corrected chi connectivity index (χ2v) is 5.80. The number of hydrogen-bond donors (Lipinski definition) is 0. The van der Waals surface area contributed by atoms with Crippen LogP contribution in [0.5, 0.6) is 0 Å². The van der Waals surface area contributed by atoms with Crippen molar-refractivity contribution >= 4 is 17.7 Å². The van der Waals surface area contributed by atoms with Crippen molar-refractivity contribution in [3.8, 4) is 17.5 Å². The van der Waals surface area contributed by atoms with Crippen LogP contribution in [0.25, 0.3) is 11.4 Å². The van der Waals surface area contributed by atoms with E-state index in [0.717, 1.165) is 0 Å². The molecule has 2 rings (SSSR count). The lowest BCUT2D eigenvalue weighted by Gasteiger charge is -2.14. The van der Waals surface area contributed by atoms with Crippen molar-refractivity contribution in [3.63, 3.8) is 0 Å². The lowest BCUT2D eigenvalue weighted by atomic mass is 10.2. The fraction of sp³-hybridized carbons (Fsp3) is 0.333. The zero-order chi connectivity index (χ0) is 16.8. The standard InChI is InChI=1S/C15H16FN5OS/c1-20(9-5-8-17)13(22)10-23-15-19-18-14(21(15)2)11-6-3-4-7-12(11)16/h3-4,6-7H,5,9-10H2,1-2H3. The molecule has 120 valence electrons. The summed E-state index contributed by atoms with van der Waals surface area (Å²) < 4.78 is 15.5. The number of rotatable bonds is 6. The Morgan fingerprint density at radius 3 is 2.87 bits per heavy atom. The van der Waals surface area contributed by atoms with E-state index in [1.807, 2.05) is 6.07 Å². The van der Waals surface area contributed by atoms with Crippen LogP contribution in [0, 0.1) is 17.1 Å². The number of carbonyl (C=O) groups excluding carboxylic acids is 1. The van der Waals surface area contributed by atoms with Crippen molar-refractivity contribution in [1.29, 1.82) is 5.26 Å². The van der Waals surface area contributed by atoms with Crippen molar-refractivity contribution in [1.82, 2.24) is 19.7 Å². The second-order valence-electron chi connectivity index (χ2n) is 4.86. The SMILES string of the molecule is CN(CCC#N)C(=O)CSc1nnc(-c2ccccc2F)n1C. The summed E-state index contributed by atoms with van der Waals surface area (Å²) in [5.41, 5.74) is 0.367. The number of nitriles is 1. The van der Waals surface area contributed by atoms with Crippen LogP contribution >= 0.6 is 11.8 Å². The molecular formula is C15H16FN5OS. The number of hydrogen-bond acceptors (Lipinski definition) is 5. The minimum absolute atomic E-state index is 0.0966. The molecule has 1 aromatic heterocycles. The lowest BCUT2D eigenvalue weighted by molar-refractivity contribution is -0.127. The Hall–Kier alpha value is -2.40. The first-order valence-electron chi connectivity index (χ1n) is 6.92. The quantitative estimate of drug-likeness (QED) is 0.757. The topological polar surface area (TPSA) is 74.8 Å². The Morgan fingerprint density at radius 2 is 2.17 bits per heavy atom. The molecule has 1 heterocycles. The third-order valence-electron chi connectivity index (χ3n) is 3.26. The van der Waals surface area contributed by atoms with Crippen molar-refractivity contribution in [2.24, 2.45) is 7.05 Å². The first kappa shape index (κ1) is 17.0. The first-order chi connectivity index (χ1) is 11.0. The Balaban J connectivity index is 2.05. The number of aromatic nitrogens is 3. The average Bonchev–Trinajstić information content (AvgIpc) is 2.91. The first-order valence-corrected chi connectivity index (χ1v) is 7.91. The Kier molecular flexibility index (Phi) is 5.71. The molecule has 0 unspecified atom stereocenters. The summed E-state index contributed by atoms with van der Waals surface area (Å²) in [7, 11) is 3.38. The summed E-state index contributed by atoms with van der Waals surface area (Å²) in [5, 5.41) is 17.1. The highest BCUT2D eigenvalue weighted by atomic mass is 32.2. The highest BCUT2D eigenvalue weighted by Gasteiger charge is 2.16. The van der Waals surface area contributed by atoms with Gasteiger partial charge in [-0.1, -0.05) is 23.9 Å². The predicted octanol–water partition coefficient (Wildman–Crippen LogP) is 2.09. The molecule has 1 amide bonds. The molecule has 0 aliphatic rings. The van der Waals surface area contributed by atoms with Gasteiger partial charge in [0.1, 0.15) is 5.82 Å². The Morgan fingerprint density at radius 1 is 1.43 bits per heavy atom. The highest BCUT2D eigenvalue weighted by Crippen LogP contribution is 2.24. The normalized spacial score (nSPS) is 10.3. The van der Waals surface area contributed by atoms with Gasteiger partial charge in [-0.2, -0.15) is 5.26 Å². The number of amides is 1. The summed E-state index contributed by atoms with van der Waals surface area (Å²) in [5.74, 6) is 0.133. The van der Waals surface area contributed by atoms with Crippen LogP contribution in [-0.2, 0) is 11.8 Å². The van der Waals surface area contributed by atoms with Crippen LogP contribution in [0.4, 0.5) is 4.39 Å². The molecule has 0 saturated carbocycles. The summed E-state index contributed by atoms with van der Waals surface area (Å²) in [6.07, 6.45) is 0.300. The van der Waals surface area contributed by atoms with E-state index < -0.39 is 0 Å². The van der Waals surface area contributed by atoms with Crippen molar-refractivity contribution in [2.75, 3.05) is 19.3 Å². The van der Waals surface area contributed by atoms with Crippen molar-refractivity contribution in [2.45, 2.75) is 11.6 Å². The number of benzene rings is 1. The van der Waals surface area contributed by atoms with Gasteiger partial charge in [0.15, 0.2) is 11.0 Å². The molecule has 23 heavy (non-hydrogen) atoms. The summed E-state index contributed by atoms with van der Waals surface area (Å²) in [6, 6.07) is 8.34. The Labute approximate surface area is 137 Å². The molecular weight excluding hydrogens is 317 g/mol. The van der Waals surface area contributed by atoms with Gasteiger partial charge < -0.3 is 9.47 Å². The molecule has 6 nitrogen and oxygen atoms in total. The smallest absolute Gasteiger partial charge is 0.232 e. The molecule has 0 saturated heterocycles. The molecule has 0 aliphatic carbocycles. The van der Waals surface area contributed by atoms with Crippen LogP contribution in [-0.4, -0.2) is 44.9 Å². The summed E-state index contributed by atoms with van der Waals surface area (Å²) in [6.45, 7) is 0.398. The fourth-order valence-electron chi connectivity index (χ4n) is 1.90. The zero-order valence-corrected chi connectivity index (χ0v) is 13.7. The van der Waals surface area contributed by atoms with Gasteiger partial charge in [0.25, 0.3) is 0 Å². The van der Waals surface area contributed by atoms with Gasteiger partial charge in [0, 0.05) is 20.6 Å². The van der Waals surface area contributed by atoms with Crippen LogP contribution in [0.2, 0.25) is 0 Å². The summed E-state index contributed by atoms with van der Waals surface area (Å²) in [4.78, 5) is 13.4. The molecule has 0 bridgehead atoms. The third kappa shape index (κ3) is 4.07. The largest absolute Gasteiger partial charge is 0.344 e. The third-order valence-corrected chi connectivity index (χ3v) is 4.26. The molecule has 8 heteroatoms. The highest BCUT2D eigenvalue weighted by molar-refractivity contribution is 7.99. The van der Waals surface area contributed by atoms with E-state index in [1.165, 1.54) is 22.7 Å². The molecule has 0 fully saturated rings. The van der Waals surface area contributed by atoms with E-state index in [-0.39, 0.29) is 17.5 Å². The van der Waals surface area contributed by atoms with Gasteiger partial charge >= 0.3 is 0 Å². The van der Waals surface area contributed by atoms with Crippen LogP contribution in [0.15, 0.2) is 29.4 Å². The lowest BCUT2D eigenvalue weighted by Crippen LogP contribution is -2.29. The van der Waals surface area contributed by atoms with Gasteiger partial charge in [-0.25, -0.2) is 4.39 Å². The van der Waals surface area contributed by atoms with E-state index in [4.69, 9.17) is 5.26 Å². The van der Waals surface area contributed by atoms with E-state index in [9.17, 15) is 9.18 Å². The average molecular weight is 333 g/mol. The van der Waals surface area contributed by atoms with Crippen LogP contribution < -0.4 is 0 Å². The van der Waals surface area contributed by atoms with Crippen LogP contribution in [0.3, 0.4) is 0 Å². The molecule has 0 radical (unpaired) electrons. The van der Waals surface area contributed by atoms with Crippen molar-refractivity contribution < 1.29 is 9.18 Å². The van der Waals surface area contributed by atoms with Crippen LogP contribution in [0.1, 0.15) is 6.42 Å². The van der Waals surface area contributed by atoms with E-state index >= 15 is 0 Å². The Bertz CT molecular complexity index is 740.